The zero-order chi connectivity index (χ0) is 7.84. The van der Waals surface area contributed by atoms with Gasteiger partial charge in [-0.3, -0.25) is 9.85 Å². The van der Waals surface area contributed by atoms with E-state index < -0.39 is 0 Å². The van der Waals surface area contributed by atoms with Crippen molar-refractivity contribution in [3.8, 4) is 0 Å². The highest BCUT2D eigenvalue weighted by molar-refractivity contribution is 5.58. The summed E-state index contributed by atoms with van der Waals surface area (Å²) in [6, 6.07) is 0. The van der Waals surface area contributed by atoms with Gasteiger partial charge in [-0.25, -0.2) is 15.8 Å². The summed E-state index contributed by atoms with van der Waals surface area (Å²) in [6.45, 7) is 0.573. The van der Waals surface area contributed by atoms with Crippen molar-refractivity contribution in [2.45, 2.75) is 0 Å². The number of aliphatic imine (C=N–C) groups is 1. The van der Waals surface area contributed by atoms with E-state index in [1.807, 2.05) is 0 Å². The lowest BCUT2D eigenvalue weighted by Gasteiger charge is -2.23. The maximum absolute atomic E-state index is 5.50. The average molecular weight is 155 g/mol. The Balaban J connectivity index is 2.18. The SMILES string of the molecule is CON1C=NC2=CN(N)CN21. The molecular weight excluding hydrogens is 146 g/mol. The maximum Gasteiger partial charge on any atom is 0.170 e. The van der Waals surface area contributed by atoms with Gasteiger partial charge < -0.3 is 0 Å². The van der Waals surface area contributed by atoms with Gasteiger partial charge in [-0.05, 0) is 0 Å². The molecule has 0 aromatic rings. The number of rotatable bonds is 1. The molecule has 0 aromatic carbocycles. The summed E-state index contributed by atoms with van der Waals surface area (Å²) >= 11 is 0. The quantitative estimate of drug-likeness (QED) is 0.495. The van der Waals surface area contributed by atoms with Gasteiger partial charge >= 0.3 is 0 Å². The molecule has 2 aliphatic heterocycles. The molecule has 11 heavy (non-hydrogen) atoms. The minimum atomic E-state index is 0.573. The van der Waals surface area contributed by atoms with E-state index in [9.17, 15) is 0 Å². The minimum absolute atomic E-state index is 0.573. The van der Waals surface area contributed by atoms with Crippen molar-refractivity contribution >= 4 is 6.34 Å². The summed E-state index contributed by atoms with van der Waals surface area (Å²) in [6.07, 6.45) is 3.34. The van der Waals surface area contributed by atoms with Crippen LogP contribution in [-0.2, 0) is 4.84 Å². The molecule has 0 saturated carbocycles. The van der Waals surface area contributed by atoms with E-state index in [2.05, 4.69) is 4.99 Å². The summed E-state index contributed by atoms with van der Waals surface area (Å²) in [5, 5.41) is 4.87. The van der Waals surface area contributed by atoms with Crippen LogP contribution in [-0.4, -0.2) is 35.3 Å². The van der Waals surface area contributed by atoms with Crippen LogP contribution < -0.4 is 5.84 Å². The van der Waals surface area contributed by atoms with E-state index in [4.69, 9.17) is 10.7 Å². The van der Waals surface area contributed by atoms with Crippen LogP contribution in [0.2, 0.25) is 0 Å². The molecule has 0 unspecified atom stereocenters. The molecule has 2 heterocycles. The largest absolute Gasteiger partial charge is 0.293 e. The van der Waals surface area contributed by atoms with Gasteiger partial charge in [0.15, 0.2) is 5.82 Å². The molecule has 0 radical (unpaired) electrons. The number of hydroxylamine groups is 1. The predicted octanol–water partition coefficient (Wildman–Crippen LogP) is -0.946. The highest BCUT2D eigenvalue weighted by atomic mass is 16.7. The Morgan fingerprint density at radius 2 is 2.55 bits per heavy atom. The van der Waals surface area contributed by atoms with E-state index in [0.717, 1.165) is 5.82 Å². The monoisotopic (exact) mass is 155 g/mol. The van der Waals surface area contributed by atoms with Gasteiger partial charge in [0.2, 0.25) is 0 Å². The summed E-state index contributed by atoms with van der Waals surface area (Å²) in [5.41, 5.74) is 0. The molecule has 2 rings (SSSR count). The number of fused-ring (bicyclic) bond motifs is 1. The van der Waals surface area contributed by atoms with Crippen molar-refractivity contribution in [3.05, 3.63) is 12.0 Å². The fraction of sp³-hybridized carbons (Fsp3) is 0.400. The zero-order valence-corrected chi connectivity index (χ0v) is 6.14. The highest BCUT2D eigenvalue weighted by Crippen LogP contribution is 2.20. The van der Waals surface area contributed by atoms with Crippen LogP contribution >= 0.6 is 0 Å². The van der Waals surface area contributed by atoms with Crippen LogP contribution in [0, 0.1) is 0 Å². The molecule has 0 aromatic heterocycles. The van der Waals surface area contributed by atoms with Gasteiger partial charge in [-0.2, -0.15) is 0 Å². The molecule has 0 amide bonds. The third-order valence-electron chi connectivity index (χ3n) is 1.56. The molecule has 2 aliphatic rings. The third kappa shape index (κ3) is 0.837. The van der Waals surface area contributed by atoms with E-state index in [1.165, 1.54) is 10.2 Å². The first-order valence-electron chi connectivity index (χ1n) is 3.19. The van der Waals surface area contributed by atoms with Gasteiger partial charge in [-0.15, -0.1) is 5.17 Å². The van der Waals surface area contributed by atoms with Crippen LogP contribution in [0.1, 0.15) is 0 Å². The van der Waals surface area contributed by atoms with E-state index in [1.54, 1.807) is 24.7 Å². The number of nitrogens with zero attached hydrogens (tertiary/aromatic N) is 4. The van der Waals surface area contributed by atoms with E-state index in [-0.39, 0.29) is 0 Å². The molecule has 0 bridgehead atoms. The van der Waals surface area contributed by atoms with Gasteiger partial charge in [0.05, 0.1) is 13.3 Å². The molecule has 60 valence electrons. The normalized spacial score (nSPS) is 21.3. The van der Waals surface area contributed by atoms with Crippen LogP contribution in [0.25, 0.3) is 0 Å². The van der Waals surface area contributed by atoms with E-state index in [0.29, 0.717) is 6.67 Å². The number of hydrogen-bond donors (Lipinski definition) is 1. The van der Waals surface area contributed by atoms with Crippen LogP contribution in [0.5, 0.6) is 0 Å². The number of hydrazine groups is 2. The second kappa shape index (κ2) is 2.11. The first-order chi connectivity index (χ1) is 5.31. The van der Waals surface area contributed by atoms with Gasteiger partial charge in [0.1, 0.15) is 13.0 Å². The topological polar surface area (TPSA) is 57.3 Å². The standard InChI is InChI=1S/C5H9N5O/c1-11-10-3-7-5-2-8(6)4-9(5)10/h2-3H,4,6H2,1H3. The van der Waals surface area contributed by atoms with Gasteiger partial charge in [0, 0.05) is 0 Å². The number of hydrogen-bond acceptors (Lipinski definition) is 6. The number of nitrogens with two attached hydrogens (primary N) is 1. The van der Waals surface area contributed by atoms with Crippen LogP contribution in [0.15, 0.2) is 17.0 Å². The Kier molecular flexibility index (Phi) is 1.23. The van der Waals surface area contributed by atoms with Crippen LogP contribution in [0.3, 0.4) is 0 Å². The molecular formula is C5H9N5O. The lowest BCUT2D eigenvalue weighted by atomic mass is 10.8. The molecule has 0 saturated heterocycles. The Hall–Kier alpha value is -1.27. The highest BCUT2D eigenvalue weighted by Gasteiger charge is 2.27. The average Bonchev–Trinajstić information content (AvgIpc) is 2.45. The van der Waals surface area contributed by atoms with Crippen molar-refractivity contribution in [3.63, 3.8) is 0 Å². The Bertz CT molecular complexity index is 225. The fourth-order valence-electron chi connectivity index (χ4n) is 1.06. The molecule has 0 fully saturated rings. The smallest absolute Gasteiger partial charge is 0.170 e. The van der Waals surface area contributed by atoms with Gasteiger partial charge in [-0.1, -0.05) is 0 Å². The van der Waals surface area contributed by atoms with Crippen molar-refractivity contribution < 1.29 is 4.84 Å². The first-order valence-corrected chi connectivity index (χ1v) is 3.19. The Morgan fingerprint density at radius 1 is 1.73 bits per heavy atom. The first kappa shape index (κ1) is 6.44. The summed E-state index contributed by atoms with van der Waals surface area (Å²) < 4.78 is 0. The fourth-order valence-corrected chi connectivity index (χ4v) is 1.06. The van der Waals surface area contributed by atoms with E-state index >= 15 is 0 Å². The van der Waals surface area contributed by atoms with Gasteiger partial charge in [0.25, 0.3) is 0 Å². The minimum Gasteiger partial charge on any atom is -0.293 e. The second-order valence-corrected chi connectivity index (χ2v) is 2.27. The predicted molar refractivity (Wildman–Crippen MR) is 38.2 cm³/mol. The Morgan fingerprint density at radius 3 is 3.27 bits per heavy atom. The summed E-state index contributed by atoms with van der Waals surface area (Å²) in [4.78, 5) is 9.00. The molecule has 0 atom stereocenters. The summed E-state index contributed by atoms with van der Waals surface area (Å²) in [5.74, 6) is 6.30. The lowest BCUT2D eigenvalue weighted by molar-refractivity contribution is -0.185. The zero-order valence-electron chi connectivity index (χ0n) is 6.14. The molecule has 0 spiro atoms. The van der Waals surface area contributed by atoms with Crippen molar-refractivity contribution in [1.29, 1.82) is 0 Å². The maximum atomic E-state index is 5.50. The van der Waals surface area contributed by atoms with Crippen LogP contribution in [0.4, 0.5) is 0 Å². The molecule has 0 aliphatic carbocycles. The molecule has 6 nitrogen and oxygen atoms in total. The Labute approximate surface area is 64.0 Å². The third-order valence-corrected chi connectivity index (χ3v) is 1.56. The summed E-state index contributed by atoms with van der Waals surface area (Å²) in [7, 11) is 1.58. The van der Waals surface area contributed by atoms with Crippen molar-refractivity contribution in [1.82, 2.24) is 15.2 Å². The van der Waals surface area contributed by atoms with Crippen molar-refractivity contribution in [2.24, 2.45) is 10.8 Å². The molecule has 2 N–H and O–H groups in total. The second-order valence-electron chi connectivity index (χ2n) is 2.27. The van der Waals surface area contributed by atoms with Crippen molar-refractivity contribution in [2.75, 3.05) is 13.8 Å². The molecule has 6 heteroatoms. The lowest BCUT2D eigenvalue weighted by Crippen LogP contribution is -2.39.